The van der Waals surface area contributed by atoms with E-state index in [1.165, 1.54) is 0 Å². The number of likely N-dealkylation sites (tertiary alicyclic amines) is 1. The van der Waals surface area contributed by atoms with Crippen molar-refractivity contribution < 1.29 is 15.3 Å². The number of β-amino-alcohol motifs (C(OH)–C–C–N with tert-alkyl or cyclic N) is 1. The predicted octanol–water partition coefficient (Wildman–Crippen LogP) is 3.44. The Bertz CT molecular complexity index is 1150. The molecule has 0 amide bonds. The SMILES string of the molecule is C[C@@H](Nc1c(Cl)cnc2ccc(-c3cnc(C(C)(C)O)nc3)cc12)C1CCCN(CC(O)CO)C1. The van der Waals surface area contributed by atoms with E-state index in [4.69, 9.17) is 11.6 Å². The van der Waals surface area contributed by atoms with Crippen LogP contribution in [-0.4, -0.2) is 73.6 Å². The van der Waals surface area contributed by atoms with Gasteiger partial charge < -0.3 is 25.5 Å². The molecule has 8 nitrogen and oxygen atoms in total. The van der Waals surface area contributed by atoms with Crippen LogP contribution in [0.3, 0.4) is 0 Å². The molecule has 1 aliphatic rings. The van der Waals surface area contributed by atoms with Crippen LogP contribution in [0.2, 0.25) is 5.02 Å². The fraction of sp³-hybridized carbons (Fsp3) is 0.500. The molecule has 9 heteroatoms. The van der Waals surface area contributed by atoms with Crippen LogP contribution in [0, 0.1) is 5.92 Å². The van der Waals surface area contributed by atoms with Gasteiger partial charge >= 0.3 is 0 Å². The number of hydrogen-bond donors (Lipinski definition) is 4. The zero-order chi connectivity index (χ0) is 25.2. The molecule has 2 aromatic heterocycles. The summed E-state index contributed by atoms with van der Waals surface area (Å²) in [6.45, 7) is 7.51. The van der Waals surface area contributed by atoms with Gasteiger partial charge in [0.1, 0.15) is 5.60 Å². The Labute approximate surface area is 211 Å². The van der Waals surface area contributed by atoms with E-state index in [1.54, 1.807) is 32.4 Å². The van der Waals surface area contributed by atoms with Crippen molar-refractivity contribution in [2.45, 2.75) is 51.4 Å². The molecule has 3 atom stereocenters. The topological polar surface area (TPSA) is 115 Å². The van der Waals surface area contributed by atoms with Crippen LogP contribution in [0.5, 0.6) is 0 Å². The van der Waals surface area contributed by atoms with Crippen molar-refractivity contribution in [2.75, 3.05) is 31.6 Å². The lowest BCUT2D eigenvalue weighted by atomic mass is 9.91. The standard InChI is InChI=1S/C26H34ClN5O3/c1-16(18-5-4-8-32(13-18)14-20(34)15-33)31-24-21-9-17(6-7-23(21)28-12-22(24)27)19-10-29-25(30-11-19)26(2,3)35/h6-7,9-12,16,18,20,33-35H,4-5,8,13-15H2,1-3H3,(H,28,31)/t16-,18?,20?/m1/s1. The van der Waals surface area contributed by atoms with Gasteiger partial charge in [-0.3, -0.25) is 4.98 Å². The van der Waals surface area contributed by atoms with Gasteiger partial charge in [0.25, 0.3) is 0 Å². The van der Waals surface area contributed by atoms with Crippen molar-refractivity contribution in [1.29, 1.82) is 0 Å². The smallest absolute Gasteiger partial charge is 0.159 e. The highest BCUT2D eigenvalue weighted by Crippen LogP contribution is 2.34. The maximum Gasteiger partial charge on any atom is 0.159 e. The number of halogens is 1. The molecule has 1 fully saturated rings. The molecule has 4 N–H and O–H groups in total. The first-order chi connectivity index (χ1) is 16.7. The second kappa shape index (κ2) is 10.7. The highest BCUT2D eigenvalue weighted by atomic mass is 35.5. The van der Waals surface area contributed by atoms with Crippen molar-refractivity contribution >= 4 is 28.2 Å². The first-order valence-corrected chi connectivity index (χ1v) is 12.4. The average Bonchev–Trinajstić information content (AvgIpc) is 2.85. The highest BCUT2D eigenvalue weighted by molar-refractivity contribution is 6.34. The number of benzene rings is 1. The number of aliphatic hydroxyl groups is 3. The molecular weight excluding hydrogens is 466 g/mol. The van der Waals surface area contributed by atoms with Crippen LogP contribution in [0.1, 0.15) is 39.4 Å². The molecule has 4 rings (SSSR count). The summed E-state index contributed by atoms with van der Waals surface area (Å²) in [5.74, 6) is 0.746. The van der Waals surface area contributed by atoms with Crippen molar-refractivity contribution in [3.8, 4) is 11.1 Å². The Morgan fingerprint density at radius 3 is 2.60 bits per heavy atom. The van der Waals surface area contributed by atoms with E-state index in [-0.39, 0.29) is 12.6 Å². The third kappa shape index (κ3) is 6.08. The second-order valence-corrected chi connectivity index (χ2v) is 10.4. The molecule has 0 saturated carbocycles. The minimum absolute atomic E-state index is 0.144. The molecule has 0 radical (unpaired) electrons. The number of rotatable bonds is 8. The monoisotopic (exact) mass is 499 g/mol. The van der Waals surface area contributed by atoms with Gasteiger partial charge in [-0.1, -0.05) is 17.7 Å². The van der Waals surface area contributed by atoms with E-state index in [9.17, 15) is 15.3 Å². The minimum Gasteiger partial charge on any atom is -0.394 e. The predicted molar refractivity (Wildman–Crippen MR) is 138 cm³/mol. The molecule has 0 bridgehead atoms. The van der Waals surface area contributed by atoms with Crippen molar-refractivity contribution in [1.82, 2.24) is 19.9 Å². The number of nitrogens with one attached hydrogen (secondary N) is 1. The lowest BCUT2D eigenvalue weighted by molar-refractivity contribution is 0.0431. The quantitative estimate of drug-likeness (QED) is 0.372. The zero-order valence-corrected chi connectivity index (χ0v) is 21.2. The summed E-state index contributed by atoms with van der Waals surface area (Å²) in [5, 5.41) is 34.3. The lowest BCUT2D eigenvalue weighted by Crippen LogP contribution is -2.45. The molecular formula is C26H34ClN5O3. The molecule has 188 valence electrons. The molecule has 2 unspecified atom stereocenters. The van der Waals surface area contributed by atoms with E-state index in [0.29, 0.717) is 23.3 Å². The van der Waals surface area contributed by atoms with Crippen LogP contribution in [0.25, 0.3) is 22.0 Å². The number of aromatic nitrogens is 3. The molecule has 3 aromatic rings. The Morgan fingerprint density at radius 2 is 1.91 bits per heavy atom. The Hall–Kier alpha value is -2.36. The Morgan fingerprint density at radius 1 is 1.17 bits per heavy atom. The maximum atomic E-state index is 10.1. The van der Waals surface area contributed by atoms with E-state index in [0.717, 1.165) is 53.6 Å². The van der Waals surface area contributed by atoms with Crippen LogP contribution >= 0.6 is 11.6 Å². The Kier molecular flexibility index (Phi) is 7.88. The summed E-state index contributed by atoms with van der Waals surface area (Å²) >= 11 is 6.62. The molecule has 1 aromatic carbocycles. The number of aliphatic hydroxyl groups excluding tert-OH is 2. The summed E-state index contributed by atoms with van der Waals surface area (Å²) in [7, 11) is 0. The van der Waals surface area contributed by atoms with E-state index in [2.05, 4.69) is 32.1 Å². The van der Waals surface area contributed by atoms with Crippen LogP contribution in [0.15, 0.2) is 36.8 Å². The highest BCUT2D eigenvalue weighted by Gasteiger charge is 2.26. The fourth-order valence-electron chi connectivity index (χ4n) is 4.65. The molecule has 3 heterocycles. The summed E-state index contributed by atoms with van der Waals surface area (Å²) in [5.41, 5.74) is 2.34. The summed E-state index contributed by atoms with van der Waals surface area (Å²) in [6.07, 6.45) is 6.51. The van der Waals surface area contributed by atoms with Crippen LogP contribution in [0.4, 0.5) is 5.69 Å². The number of nitrogens with zero attached hydrogens (tertiary/aromatic N) is 4. The summed E-state index contributed by atoms with van der Waals surface area (Å²) in [6, 6.07) is 6.12. The van der Waals surface area contributed by atoms with Crippen molar-refractivity contribution in [2.24, 2.45) is 5.92 Å². The van der Waals surface area contributed by atoms with Crippen molar-refractivity contribution in [3.63, 3.8) is 0 Å². The average molecular weight is 500 g/mol. The molecule has 0 aliphatic carbocycles. The zero-order valence-electron chi connectivity index (χ0n) is 20.4. The van der Waals surface area contributed by atoms with Gasteiger partial charge in [0.15, 0.2) is 5.82 Å². The Balaban J connectivity index is 1.58. The number of fused-ring (bicyclic) bond motifs is 1. The largest absolute Gasteiger partial charge is 0.394 e. The maximum absolute atomic E-state index is 10.1. The molecule has 1 saturated heterocycles. The van der Waals surface area contributed by atoms with E-state index in [1.807, 2.05) is 18.2 Å². The van der Waals surface area contributed by atoms with Gasteiger partial charge in [-0.25, -0.2) is 9.97 Å². The first kappa shape index (κ1) is 25.7. The summed E-state index contributed by atoms with van der Waals surface area (Å²) in [4.78, 5) is 15.4. The number of piperidine rings is 1. The van der Waals surface area contributed by atoms with Gasteiger partial charge in [-0.15, -0.1) is 0 Å². The molecule has 1 aliphatic heterocycles. The first-order valence-electron chi connectivity index (χ1n) is 12.1. The van der Waals surface area contributed by atoms with Gasteiger partial charge in [-0.2, -0.15) is 0 Å². The van der Waals surface area contributed by atoms with Crippen molar-refractivity contribution in [3.05, 3.63) is 47.6 Å². The van der Waals surface area contributed by atoms with Gasteiger partial charge in [-0.05, 0) is 63.8 Å². The number of anilines is 1. The van der Waals surface area contributed by atoms with Gasteiger partial charge in [0.2, 0.25) is 0 Å². The van der Waals surface area contributed by atoms with E-state index >= 15 is 0 Å². The third-order valence-electron chi connectivity index (χ3n) is 6.65. The lowest BCUT2D eigenvalue weighted by Gasteiger charge is -2.37. The van der Waals surface area contributed by atoms with E-state index < -0.39 is 11.7 Å². The molecule has 0 spiro atoms. The normalized spacial score (nSPS) is 19.0. The van der Waals surface area contributed by atoms with Crippen LogP contribution < -0.4 is 5.32 Å². The van der Waals surface area contributed by atoms with Gasteiger partial charge in [0.05, 0.1) is 28.9 Å². The number of hydrogen-bond acceptors (Lipinski definition) is 8. The van der Waals surface area contributed by atoms with Gasteiger partial charge in [0, 0.05) is 48.7 Å². The second-order valence-electron chi connectivity index (χ2n) is 10.00. The third-order valence-corrected chi connectivity index (χ3v) is 6.94. The molecule has 35 heavy (non-hydrogen) atoms. The summed E-state index contributed by atoms with van der Waals surface area (Å²) < 4.78 is 0. The number of pyridine rings is 1. The van der Waals surface area contributed by atoms with Crippen LogP contribution in [-0.2, 0) is 5.60 Å². The minimum atomic E-state index is -1.10. The fourth-order valence-corrected chi connectivity index (χ4v) is 4.86.